The molecule has 1 heterocycles. The number of hydrogen-bond acceptors (Lipinski definition) is 5. The zero-order valence-electron chi connectivity index (χ0n) is 13.4. The van der Waals surface area contributed by atoms with Gasteiger partial charge in [-0.2, -0.15) is 0 Å². The Balaban J connectivity index is 2.09. The minimum atomic E-state index is -0.309. The van der Waals surface area contributed by atoms with E-state index < -0.39 is 0 Å². The molecule has 1 aromatic heterocycles. The highest BCUT2D eigenvalue weighted by Crippen LogP contribution is 2.24. The second-order valence-corrected chi connectivity index (χ2v) is 5.79. The summed E-state index contributed by atoms with van der Waals surface area (Å²) in [6, 6.07) is 6.03. The Morgan fingerprint density at radius 1 is 1.42 bits per heavy atom. The Bertz CT molecular complexity index is 688. The SMILES string of the molecule is C=CCn1c(SCC(=O)NCCOC)nnc1-c1ccc(F)cc1. The lowest BCUT2D eigenvalue weighted by Crippen LogP contribution is -2.28. The number of thioether (sulfide) groups is 1. The minimum absolute atomic E-state index is 0.103. The fraction of sp³-hybridized carbons (Fsp3) is 0.312. The van der Waals surface area contributed by atoms with Crippen LogP contribution in [-0.4, -0.2) is 46.7 Å². The van der Waals surface area contributed by atoms with Crippen molar-refractivity contribution in [2.45, 2.75) is 11.7 Å². The molecule has 0 saturated carbocycles. The second kappa shape index (κ2) is 9.19. The normalized spacial score (nSPS) is 10.6. The molecule has 1 amide bonds. The molecule has 0 unspecified atom stereocenters. The molecule has 128 valence electrons. The molecule has 0 aliphatic heterocycles. The van der Waals surface area contributed by atoms with E-state index in [4.69, 9.17) is 4.74 Å². The Hall–Kier alpha value is -2.19. The maximum absolute atomic E-state index is 13.1. The number of halogens is 1. The van der Waals surface area contributed by atoms with Crippen molar-refractivity contribution in [1.29, 1.82) is 0 Å². The van der Waals surface area contributed by atoms with Crippen LogP contribution in [0.3, 0.4) is 0 Å². The molecular formula is C16H19FN4O2S. The van der Waals surface area contributed by atoms with Crippen LogP contribution in [0.4, 0.5) is 4.39 Å². The van der Waals surface area contributed by atoms with Crippen LogP contribution in [-0.2, 0) is 16.1 Å². The molecule has 2 rings (SSSR count). The maximum atomic E-state index is 13.1. The quantitative estimate of drug-likeness (QED) is 0.426. The van der Waals surface area contributed by atoms with Crippen molar-refractivity contribution in [3.05, 3.63) is 42.7 Å². The lowest BCUT2D eigenvalue weighted by atomic mass is 10.2. The molecule has 6 nitrogen and oxygen atoms in total. The molecule has 0 saturated heterocycles. The van der Waals surface area contributed by atoms with Gasteiger partial charge in [0.15, 0.2) is 11.0 Å². The van der Waals surface area contributed by atoms with Crippen molar-refractivity contribution < 1.29 is 13.9 Å². The van der Waals surface area contributed by atoms with Crippen molar-refractivity contribution in [3.8, 4) is 11.4 Å². The number of allylic oxidation sites excluding steroid dienone is 1. The van der Waals surface area contributed by atoms with E-state index in [1.54, 1.807) is 25.3 Å². The van der Waals surface area contributed by atoms with Gasteiger partial charge in [-0.3, -0.25) is 9.36 Å². The van der Waals surface area contributed by atoms with Crippen molar-refractivity contribution in [1.82, 2.24) is 20.1 Å². The number of benzene rings is 1. The average molecular weight is 350 g/mol. The molecule has 1 N–H and O–H groups in total. The number of hydrogen-bond donors (Lipinski definition) is 1. The predicted molar refractivity (Wildman–Crippen MR) is 91.2 cm³/mol. The highest BCUT2D eigenvalue weighted by Gasteiger charge is 2.14. The van der Waals surface area contributed by atoms with Gasteiger partial charge in [0.05, 0.1) is 12.4 Å². The highest BCUT2D eigenvalue weighted by molar-refractivity contribution is 7.99. The first-order valence-electron chi connectivity index (χ1n) is 7.34. The second-order valence-electron chi connectivity index (χ2n) is 4.84. The lowest BCUT2D eigenvalue weighted by molar-refractivity contribution is -0.118. The topological polar surface area (TPSA) is 69.0 Å². The summed E-state index contributed by atoms with van der Waals surface area (Å²) >= 11 is 1.29. The van der Waals surface area contributed by atoms with Crippen LogP contribution < -0.4 is 5.32 Å². The zero-order chi connectivity index (χ0) is 17.4. The minimum Gasteiger partial charge on any atom is -0.383 e. The summed E-state index contributed by atoms with van der Waals surface area (Å²) in [5, 5.41) is 11.6. The monoisotopic (exact) mass is 350 g/mol. The van der Waals surface area contributed by atoms with Crippen LogP contribution in [0.1, 0.15) is 0 Å². The summed E-state index contributed by atoms with van der Waals surface area (Å²) in [7, 11) is 1.58. The fourth-order valence-electron chi connectivity index (χ4n) is 1.98. The van der Waals surface area contributed by atoms with E-state index in [-0.39, 0.29) is 17.5 Å². The Labute approximate surface area is 144 Å². The largest absolute Gasteiger partial charge is 0.383 e. The van der Waals surface area contributed by atoms with Gasteiger partial charge in [-0.25, -0.2) is 4.39 Å². The Morgan fingerprint density at radius 3 is 2.83 bits per heavy atom. The van der Waals surface area contributed by atoms with Gasteiger partial charge in [-0.15, -0.1) is 16.8 Å². The van der Waals surface area contributed by atoms with Crippen molar-refractivity contribution in [2.75, 3.05) is 26.0 Å². The number of aromatic nitrogens is 3. The Kier molecular flexibility index (Phi) is 6.95. The van der Waals surface area contributed by atoms with Crippen LogP contribution in [0.5, 0.6) is 0 Å². The molecule has 1 aromatic carbocycles. The van der Waals surface area contributed by atoms with Crippen LogP contribution in [0, 0.1) is 5.82 Å². The van der Waals surface area contributed by atoms with Gasteiger partial charge in [0, 0.05) is 25.8 Å². The van der Waals surface area contributed by atoms with Crippen molar-refractivity contribution >= 4 is 17.7 Å². The number of ether oxygens (including phenoxy) is 1. The van der Waals surface area contributed by atoms with Crippen LogP contribution in [0.15, 0.2) is 42.1 Å². The first-order valence-corrected chi connectivity index (χ1v) is 8.32. The van der Waals surface area contributed by atoms with Crippen molar-refractivity contribution in [2.24, 2.45) is 0 Å². The molecule has 0 spiro atoms. The summed E-state index contributed by atoms with van der Waals surface area (Å²) in [5.41, 5.74) is 0.752. The first-order chi connectivity index (χ1) is 11.7. The number of amides is 1. The maximum Gasteiger partial charge on any atom is 0.230 e. The van der Waals surface area contributed by atoms with E-state index in [0.717, 1.165) is 5.56 Å². The van der Waals surface area contributed by atoms with Crippen LogP contribution >= 0.6 is 11.8 Å². The van der Waals surface area contributed by atoms with E-state index >= 15 is 0 Å². The van der Waals surface area contributed by atoms with E-state index in [9.17, 15) is 9.18 Å². The average Bonchev–Trinajstić information content (AvgIpc) is 2.97. The van der Waals surface area contributed by atoms with Crippen LogP contribution in [0.25, 0.3) is 11.4 Å². The molecule has 2 aromatic rings. The number of nitrogens with zero attached hydrogens (tertiary/aromatic N) is 3. The van der Waals surface area contributed by atoms with Gasteiger partial charge in [-0.05, 0) is 24.3 Å². The van der Waals surface area contributed by atoms with E-state index in [0.29, 0.717) is 30.7 Å². The van der Waals surface area contributed by atoms with Gasteiger partial charge in [0.2, 0.25) is 5.91 Å². The van der Waals surface area contributed by atoms with Gasteiger partial charge in [0.25, 0.3) is 0 Å². The van der Waals surface area contributed by atoms with Crippen molar-refractivity contribution in [3.63, 3.8) is 0 Å². The summed E-state index contributed by atoms with van der Waals surface area (Å²) in [4.78, 5) is 11.8. The highest BCUT2D eigenvalue weighted by atomic mass is 32.2. The number of methoxy groups -OCH3 is 1. The predicted octanol–water partition coefficient (Wildman–Crippen LogP) is 2.12. The Morgan fingerprint density at radius 2 is 2.17 bits per heavy atom. The lowest BCUT2D eigenvalue weighted by Gasteiger charge is -2.08. The molecule has 0 atom stereocenters. The number of rotatable bonds is 9. The van der Waals surface area contributed by atoms with Gasteiger partial charge >= 0.3 is 0 Å². The standard InChI is InChI=1S/C16H19FN4O2S/c1-3-9-21-15(12-4-6-13(17)7-5-12)19-20-16(21)24-11-14(22)18-8-10-23-2/h3-7H,1,8-11H2,2H3,(H,18,22). The van der Waals surface area contributed by atoms with E-state index in [2.05, 4.69) is 22.1 Å². The summed E-state index contributed by atoms with van der Waals surface area (Å²) < 4.78 is 19.8. The molecule has 0 bridgehead atoms. The zero-order valence-corrected chi connectivity index (χ0v) is 14.2. The number of carbonyl (C=O) groups excluding carboxylic acids is 1. The van der Waals surface area contributed by atoms with Gasteiger partial charge in [0.1, 0.15) is 5.82 Å². The summed E-state index contributed by atoms with van der Waals surface area (Å²) in [6.45, 7) is 5.16. The third-order valence-electron chi connectivity index (χ3n) is 3.09. The summed E-state index contributed by atoms with van der Waals surface area (Å²) in [5.74, 6) is 0.421. The van der Waals surface area contributed by atoms with Gasteiger partial charge in [-0.1, -0.05) is 17.8 Å². The summed E-state index contributed by atoms with van der Waals surface area (Å²) in [6.07, 6.45) is 1.72. The van der Waals surface area contributed by atoms with Crippen LogP contribution in [0.2, 0.25) is 0 Å². The molecule has 24 heavy (non-hydrogen) atoms. The molecule has 8 heteroatoms. The molecule has 0 aliphatic carbocycles. The third kappa shape index (κ3) is 4.90. The molecule has 0 radical (unpaired) electrons. The molecule has 0 fully saturated rings. The molecule has 0 aliphatic rings. The smallest absolute Gasteiger partial charge is 0.230 e. The third-order valence-corrected chi connectivity index (χ3v) is 4.06. The first kappa shape index (κ1) is 18.2. The molecular weight excluding hydrogens is 331 g/mol. The van der Waals surface area contributed by atoms with Gasteiger partial charge < -0.3 is 10.1 Å². The fourth-order valence-corrected chi connectivity index (χ4v) is 2.75. The van der Waals surface area contributed by atoms with E-state index in [1.807, 2.05) is 4.57 Å². The van der Waals surface area contributed by atoms with E-state index in [1.165, 1.54) is 23.9 Å². The number of carbonyl (C=O) groups is 1. The number of nitrogens with one attached hydrogen (secondary N) is 1.